The molecule has 1 saturated carbocycles. The minimum atomic E-state index is -3.28. The van der Waals surface area contributed by atoms with Crippen LogP contribution in [-0.2, 0) is 14.1 Å². The Hall–Kier alpha value is -1.03. The third kappa shape index (κ3) is 6.84. The molecule has 1 N–H and O–H groups in total. The molecule has 5 nitrogen and oxygen atoms in total. The molecular weight excluding hydrogens is 349 g/mol. The van der Waals surface area contributed by atoms with Crippen LogP contribution < -0.4 is 9.84 Å². The second kappa shape index (κ2) is 9.45. The van der Waals surface area contributed by atoms with Crippen LogP contribution in [0.15, 0.2) is 30.3 Å². The van der Waals surface area contributed by atoms with Crippen LogP contribution in [0, 0.1) is 0 Å². The first kappa shape index (κ1) is 19.3. The van der Waals surface area contributed by atoms with E-state index in [2.05, 4.69) is 5.32 Å². The molecule has 0 aliphatic heterocycles. The standard InChI is InChI=1S/C17H25ClNO4P/c1-14(17(20)22-15-8-4-2-5-9-15)19-12-13-24(18,21)23-16-10-6-3-7-11-16/h3,6-7,10-11,14-15,19H,2,4-5,8-9,12-13H2,1H3/t14-,24?/m0/s1. The van der Waals surface area contributed by atoms with E-state index >= 15 is 0 Å². The number of hydrogen-bond donors (Lipinski definition) is 1. The summed E-state index contributed by atoms with van der Waals surface area (Å²) in [5.74, 6) is 0.205. The van der Waals surface area contributed by atoms with Crippen LogP contribution in [0.3, 0.4) is 0 Å². The average Bonchev–Trinajstić information content (AvgIpc) is 2.56. The highest BCUT2D eigenvalue weighted by Crippen LogP contribution is 2.51. The zero-order chi connectivity index (χ0) is 17.4. The van der Waals surface area contributed by atoms with Crippen LogP contribution >= 0.6 is 18.0 Å². The van der Waals surface area contributed by atoms with Gasteiger partial charge < -0.3 is 14.6 Å². The third-order valence-electron chi connectivity index (χ3n) is 4.00. The SMILES string of the molecule is C[C@H](NCCP(=O)(Cl)Oc1ccccc1)C(=O)OC1CCCCC1. The Morgan fingerprint density at radius 2 is 1.96 bits per heavy atom. The molecule has 0 aromatic heterocycles. The van der Waals surface area contributed by atoms with Crippen molar-refractivity contribution in [2.45, 2.75) is 51.2 Å². The zero-order valence-corrected chi connectivity index (χ0v) is 15.6. The number of halogens is 1. The van der Waals surface area contributed by atoms with E-state index in [9.17, 15) is 9.36 Å². The molecule has 1 aromatic carbocycles. The lowest BCUT2D eigenvalue weighted by atomic mass is 9.98. The Balaban J connectivity index is 1.69. The van der Waals surface area contributed by atoms with Gasteiger partial charge in [0.25, 0.3) is 0 Å². The summed E-state index contributed by atoms with van der Waals surface area (Å²) in [4.78, 5) is 12.0. The van der Waals surface area contributed by atoms with E-state index in [4.69, 9.17) is 20.5 Å². The van der Waals surface area contributed by atoms with Crippen LogP contribution in [-0.4, -0.2) is 30.8 Å². The van der Waals surface area contributed by atoms with E-state index in [0.717, 1.165) is 25.7 Å². The first-order chi connectivity index (χ1) is 11.5. The summed E-state index contributed by atoms with van der Waals surface area (Å²) < 4.78 is 23.1. The van der Waals surface area contributed by atoms with E-state index in [-0.39, 0.29) is 18.2 Å². The fraction of sp³-hybridized carbons (Fsp3) is 0.588. The molecule has 0 bridgehead atoms. The Morgan fingerprint density at radius 1 is 1.29 bits per heavy atom. The molecule has 1 unspecified atom stereocenters. The predicted molar refractivity (Wildman–Crippen MR) is 95.8 cm³/mol. The maximum absolute atomic E-state index is 12.2. The molecule has 1 aliphatic carbocycles. The molecule has 2 atom stereocenters. The van der Waals surface area contributed by atoms with Crippen molar-refractivity contribution < 1.29 is 18.6 Å². The number of nitrogens with one attached hydrogen (secondary N) is 1. The summed E-state index contributed by atoms with van der Waals surface area (Å²) in [6.45, 7) is -1.23. The molecule has 134 valence electrons. The number of carbonyl (C=O) groups is 1. The van der Waals surface area contributed by atoms with Gasteiger partial charge in [0.15, 0.2) is 0 Å². The molecule has 1 aromatic rings. The molecule has 1 fully saturated rings. The Morgan fingerprint density at radius 3 is 2.62 bits per heavy atom. The first-order valence-electron chi connectivity index (χ1n) is 8.43. The van der Waals surface area contributed by atoms with Crippen molar-refractivity contribution in [2.24, 2.45) is 0 Å². The highest BCUT2D eigenvalue weighted by molar-refractivity contribution is 7.85. The quantitative estimate of drug-likeness (QED) is 0.542. The van der Waals surface area contributed by atoms with Crippen LogP contribution in [0.25, 0.3) is 0 Å². The van der Waals surface area contributed by atoms with Crippen molar-refractivity contribution in [3.05, 3.63) is 30.3 Å². The van der Waals surface area contributed by atoms with E-state index in [1.807, 2.05) is 6.07 Å². The summed E-state index contributed by atoms with van der Waals surface area (Å²) in [5, 5.41) is 3.00. The predicted octanol–water partition coefficient (Wildman–Crippen LogP) is 4.35. The zero-order valence-electron chi connectivity index (χ0n) is 13.9. The Labute approximate surface area is 148 Å². The monoisotopic (exact) mass is 373 g/mol. The van der Waals surface area contributed by atoms with Gasteiger partial charge in [-0.1, -0.05) is 24.6 Å². The van der Waals surface area contributed by atoms with Crippen LogP contribution in [0.1, 0.15) is 39.0 Å². The summed E-state index contributed by atoms with van der Waals surface area (Å²) in [5.41, 5.74) is 0. The van der Waals surface area contributed by atoms with Gasteiger partial charge in [0.05, 0.1) is 6.16 Å². The number of ether oxygens (including phenoxy) is 1. The normalized spacial score (nSPS) is 19.2. The maximum atomic E-state index is 12.2. The van der Waals surface area contributed by atoms with Gasteiger partial charge in [-0.15, -0.1) is 0 Å². The molecule has 7 heteroatoms. The molecule has 1 aliphatic rings. The minimum absolute atomic E-state index is 0.0380. The second-order valence-corrected chi connectivity index (χ2v) is 9.45. The minimum Gasteiger partial charge on any atom is -0.461 e. The van der Waals surface area contributed by atoms with E-state index in [1.165, 1.54) is 6.42 Å². The van der Waals surface area contributed by atoms with Crippen molar-refractivity contribution in [3.8, 4) is 5.75 Å². The summed E-state index contributed by atoms with van der Waals surface area (Å²) in [6.07, 6.45) is 5.51. The molecule has 0 spiro atoms. The van der Waals surface area contributed by atoms with Gasteiger partial charge in [0.1, 0.15) is 17.9 Å². The second-order valence-electron chi connectivity index (χ2n) is 6.09. The smallest absolute Gasteiger partial charge is 0.337 e. The largest absolute Gasteiger partial charge is 0.461 e. The molecule has 2 rings (SSSR count). The fourth-order valence-electron chi connectivity index (χ4n) is 2.63. The third-order valence-corrected chi connectivity index (χ3v) is 5.96. The summed E-state index contributed by atoms with van der Waals surface area (Å²) in [6, 6.07) is 8.36. The fourth-order valence-corrected chi connectivity index (χ4v) is 4.05. The van der Waals surface area contributed by atoms with Gasteiger partial charge in [0.2, 0.25) is 0 Å². The van der Waals surface area contributed by atoms with Crippen molar-refractivity contribution in [1.82, 2.24) is 5.32 Å². The van der Waals surface area contributed by atoms with E-state index in [0.29, 0.717) is 12.3 Å². The van der Waals surface area contributed by atoms with E-state index < -0.39 is 12.8 Å². The maximum Gasteiger partial charge on any atom is 0.337 e. The lowest BCUT2D eigenvalue weighted by Gasteiger charge is -2.24. The van der Waals surface area contributed by atoms with Crippen LogP contribution in [0.5, 0.6) is 5.75 Å². The molecule has 0 heterocycles. The summed E-state index contributed by atoms with van der Waals surface area (Å²) >= 11 is 5.97. The number of rotatable bonds is 8. The number of para-hydroxylation sites is 1. The molecule has 0 saturated heterocycles. The van der Waals surface area contributed by atoms with Crippen molar-refractivity contribution >= 4 is 23.9 Å². The molecular formula is C17H25ClNO4P. The van der Waals surface area contributed by atoms with Crippen molar-refractivity contribution in [1.29, 1.82) is 0 Å². The van der Waals surface area contributed by atoms with Crippen molar-refractivity contribution in [3.63, 3.8) is 0 Å². The van der Waals surface area contributed by atoms with Crippen molar-refractivity contribution in [2.75, 3.05) is 12.7 Å². The van der Waals surface area contributed by atoms with Gasteiger partial charge in [-0.2, -0.15) is 0 Å². The van der Waals surface area contributed by atoms with Gasteiger partial charge in [-0.3, -0.25) is 9.36 Å². The number of carbonyl (C=O) groups excluding carboxylic acids is 1. The first-order valence-corrected chi connectivity index (χ1v) is 11.1. The van der Waals surface area contributed by atoms with E-state index in [1.54, 1.807) is 31.2 Å². The van der Waals surface area contributed by atoms with Gasteiger partial charge in [-0.25, -0.2) is 0 Å². The number of hydrogen-bond acceptors (Lipinski definition) is 5. The van der Waals surface area contributed by atoms with Crippen LogP contribution in [0.2, 0.25) is 0 Å². The average molecular weight is 374 g/mol. The number of esters is 1. The molecule has 24 heavy (non-hydrogen) atoms. The lowest BCUT2D eigenvalue weighted by molar-refractivity contribution is -0.152. The summed E-state index contributed by atoms with van der Waals surface area (Å²) in [7, 11) is 0. The van der Waals surface area contributed by atoms with Gasteiger partial charge in [0, 0.05) is 6.54 Å². The topological polar surface area (TPSA) is 64.6 Å². The number of benzene rings is 1. The lowest BCUT2D eigenvalue weighted by Crippen LogP contribution is -2.39. The molecule has 0 radical (unpaired) electrons. The molecule has 0 amide bonds. The highest BCUT2D eigenvalue weighted by Gasteiger charge is 2.24. The van der Waals surface area contributed by atoms with Gasteiger partial charge >= 0.3 is 12.7 Å². The van der Waals surface area contributed by atoms with Crippen LogP contribution in [0.4, 0.5) is 0 Å². The Bertz CT molecular complexity index is 563. The highest BCUT2D eigenvalue weighted by atomic mass is 35.7. The Kier molecular flexibility index (Phi) is 7.60. The van der Waals surface area contributed by atoms with Gasteiger partial charge in [-0.05, 0) is 56.0 Å².